The molecule has 1 aliphatic heterocycles. The molecule has 1 aromatic rings. The SMILES string of the molecule is CCCCCCCCCCCCCCCC/C=C/N=C1/SCCN1C(=S)Nc1cccc(Cl)c1. The molecule has 1 aliphatic rings. The fourth-order valence-corrected chi connectivity index (χ4v) is 5.58. The molecule has 0 saturated carbocycles. The largest absolute Gasteiger partial charge is 0.332 e. The molecule has 0 aliphatic carbocycles. The van der Waals surface area contributed by atoms with Crippen molar-refractivity contribution in [1.82, 2.24) is 4.90 Å². The first-order valence-corrected chi connectivity index (χ1v) is 15.2. The van der Waals surface area contributed by atoms with Crippen LogP contribution in [0.3, 0.4) is 0 Å². The molecule has 1 saturated heterocycles. The van der Waals surface area contributed by atoms with Gasteiger partial charge in [-0.3, -0.25) is 4.90 Å². The van der Waals surface area contributed by atoms with Crippen molar-refractivity contribution in [3.63, 3.8) is 0 Å². The van der Waals surface area contributed by atoms with Crippen LogP contribution >= 0.6 is 35.6 Å². The Morgan fingerprint density at radius 1 is 1.00 bits per heavy atom. The number of nitrogens with one attached hydrogen (secondary N) is 1. The number of thiocarbonyl (C=S) groups is 1. The molecule has 2 rings (SSSR count). The topological polar surface area (TPSA) is 27.6 Å². The van der Waals surface area contributed by atoms with Crippen molar-refractivity contribution in [1.29, 1.82) is 0 Å². The van der Waals surface area contributed by atoms with Crippen molar-refractivity contribution in [3.05, 3.63) is 41.6 Å². The van der Waals surface area contributed by atoms with E-state index in [1.807, 2.05) is 30.5 Å². The lowest BCUT2D eigenvalue weighted by Crippen LogP contribution is -2.35. The van der Waals surface area contributed by atoms with Crippen LogP contribution in [0.5, 0.6) is 0 Å². The van der Waals surface area contributed by atoms with E-state index in [4.69, 9.17) is 23.8 Å². The van der Waals surface area contributed by atoms with Crippen LogP contribution in [0.15, 0.2) is 41.5 Å². The third kappa shape index (κ3) is 13.2. The maximum atomic E-state index is 6.07. The molecule has 190 valence electrons. The predicted molar refractivity (Wildman–Crippen MR) is 158 cm³/mol. The van der Waals surface area contributed by atoms with Crippen molar-refractivity contribution < 1.29 is 0 Å². The molecule has 0 amide bonds. The summed E-state index contributed by atoms with van der Waals surface area (Å²) in [6, 6.07) is 7.62. The molecule has 0 spiro atoms. The number of amidine groups is 1. The quantitative estimate of drug-likeness (QED) is 0.163. The third-order valence-corrected chi connectivity index (χ3v) is 7.64. The standard InChI is InChI=1S/C28H44ClN3S2/c1-2-3-4-5-6-7-8-9-10-11-12-13-14-15-16-17-21-30-28-32(22-23-34-28)27(33)31-26-20-18-19-25(29)24-26/h17-21,24H,2-16,22-23H2,1H3,(H,31,33)/b21-17+,30-28+. The zero-order chi connectivity index (χ0) is 24.3. The van der Waals surface area contributed by atoms with E-state index in [9.17, 15) is 0 Å². The number of benzene rings is 1. The second-order valence-electron chi connectivity index (χ2n) is 9.12. The molecule has 1 fully saturated rings. The number of unbranched alkanes of at least 4 members (excludes halogenated alkanes) is 14. The summed E-state index contributed by atoms with van der Waals surface area (Å²) in [6.45, 7) is 3.17. The molecule has 1 aromatic carbocycles. The Morgan fingerprint density at radius 2 is 1.62 bits per heavy atom. The number of nitrogens with zero attached hydrogens (tertiary/aromatic N) is 2. The molecular formula is C28H44ClN3S2. The highest BCUT2D eigenvalue weighted by Gasteiger charge is 2.22. The van der Waals surface area contributed by atoms with E-state index in [-0.39, 0.29) is 0 Å². The van der Waals surface area contributed by atoms with E-state index in [0.717, 1.165) is 29.6 Å². The zero-order valence-corrected chi connectivity index (χ0v) is 23.5. The van der Waals surface area contributed by atoms with Crippen LogP contribution in [0.4, 0.5) is 5.69 Å². The van der Waals surface area contributed by atoms with Crippen LogP contribution in [0.2, 0.25) is 5.02 Å². The van der Waals surface area contributed by atoms with Gasteiger partial charge in [-0.25, -0.2) is 4.99 Å². The van der Waals surface area contributed by atoms with Crippen LogP contribution < -0.4 is 5.32 Å². The number of allylic oxidation sites excluding steroid dienone is 1. The molecule has 1 N–H and O–H groups in total. The monoisotopic (exact) mass is 521 g/mol. The number of hydrogen-bond acceptors (Lipinski definition) is 3. The Kier molecular flexibility index (Phi) is 16.5. The Balaban J connectivity index is 1.48. The van der Waals surface area contributed by atoms with Gasteiger partial charge < -0.3 is 5.32 Å². The molecule has 0 radical (unpaired) electrons. The summed E-state index contributed by atoms with van der Waals surface area (Å²) in [5.74, 6) is 1.00. The normalized spacial score (nSPS) is 15.0. The first kappa shape index (κ1) is 29.2. The van der Waals surface area contributed by atoms with Gasteiger partial charge in [0.05, 0.1) is 0 Å². The van der Waals surface area contributed by atoms with Crippen molar-refractivity contribution in [2.24, 2.45) is 4.99 Å². The molecule has 0 atom stereocenters. The van der Waals surface area contributed by atoms with Crippen LogP contribution in [-0.4, -0.2) is 27.5 Å². The van der Waals surface area contributed by atoms with Crippen molar-refractivity contribution in [2.45, 2.75) is 103 Å². The number of hydrogen-bond donors (Lipinski definition) is 1. The van der Waals surface area contributed by atoms with Gasteiger partial charge in [0.15, 0.2) is 10.3 Å². The molecule has 0 unspecified atom stereocenters. The lowest BCUT2D eigenvalue weighted by atomic mass is 10.0. The number of anilines is 1. The average Bonchev–Trinajstić information content (AvgIpc) is 3.30. The van der Waals surface area contributed by atoms with E-state index >= 15 is 0 Å². The summed E-state index contributed by atoms with van der Waals surface area (Å²) in [5, 5.41) is 5.61. The fourth-order valence-electron chi connectivity index (χ4n) is 4.10. The maximum Gasteiger partial charge on any atom is 0.179 e. The van der Waals surface area contributed by atoms with Gasteiger partial charge in [0.2, 0.25) is 0 Å². The summed E-state index contributed by atoms with van der Waals surface area (Å²) in [5.41, 5.74) is 0.905. The Morgan fingerprint density at radius 3 is 2.24 bits per heavy atom. The predicted octanol–water partition coefficient (Wildman–Crippen LogP) is 9.83. The van der Waals surface area contributed by atoms with Crippen molar-refractivity contribution >= 4 is 51.5 Å². The Labute approximate surface area is 223 Å². The third-order valence-electron chi connectivity index (χ3n) is 6.11. The highest BCUT2D eigenvalue weighted by molar-refractivity contribution is 8.14. The lowest BCUT2D eigenvalue weighted by molar-refractivity contribution is 0.536. The van der Waals surface area contributed by atoms with Gasteiger partial charge in [-0.05, 0) is 43.3 Å². The van der Waals surface area contributed by atoms with Gasteiger partial charge in [0, 0.05) is 29.2 Å². The van der Waals surface area contributed by atoms with Gasteiger partial charge in [-0.15, -0.1) is 0 Å². The van der Waals surface area contributed by atoms with Crippen molar-refractivity contribution in [2.75, 3.05) is 17.6 Å². The molecule has 0 bridgehead atoms. The Hall–Kier alpha value is -1.04. The molecule has 0 aromatic heterocycles. The number of halogens is 1. The van der Waals surface area contributed by atoms with E-state index in [2.05, 4.69) is 28.2 Å². The number of aliphatic imine (C=N–C) groups is 1. The second kappa shape index (κ2) is 19.2. The molecular weight excluding hydrogens is 478 g/mol. The molecule has 6 heteroatoms. The molecule has 1 heterocycles. The summed E-state index contributed by atoms with van der Waals surface area (Å²) >= 11 is 13.4. The van der Waals surface area contributed by atoms with E-state index in [1.165, 1.54) is 89.9 Å². The van der Waals surface area contributed by atoms with E-state index < -0.39 is 0 Å². The average molecular weight is 522 g/mol. The highest BCUT2D eigenvalue weighted by atomic mass is 35.5. The minimum absolute atomic E-state index is 0.673. The number of thioether (sulfide) groups is 1. The lowest BCUT2D eigenvalue weighted by Gasteiger charge is -2.19. The van der Waals surface area contributed by atoms with Crippen LogP contribution in [0.1, 0.15) is 103 Å². The molecule has 3 nitrogen and oxygen atoms in total. The highest BCUT2D eigenvalue weighted by Crippen LogP contribution is 2.21. The maximum absolute atomic E-state index is 6.07. The van der Waals surface area contributed by atoms with Gasteiger partial charge in [0.25, 0.3) is 0 Å². The van der Waals surface area contributed by atoms with Crippen LogP contribution in [0, 0.1) is 0 Å². The van der Waals surface area contributed by atoms with Gasteiger partial charge in [-0.1, -0.05) is 126 Å². The van der Waals surface area contributed by atoms with Crippen molar-refractivity contribution in [3.8, 4) is 0 Å². The summed E-state index contributed by atoms with van der Waals surface area (Å²) in [4.78, 5) is 6.73. The van der Waals surface area contributed by atoms with Crippen LogP contribution in [0.25, 0.3) is 0 Å². The van der Waals surface area contributed by atoms with Gasteiger partial charge in [-0.2, -0.15) is 0 Å². The minimum atomic E-state index is 0.673. The first-order valence-electron chi connectivity index (χ1n) is 13.4. The minimum Gasteiger partial charge on any atom is -0.332 e. The zero-order valence-electron chi connectivity index (χ0n) is 21.1. The van der Waals surface area contributed by atoms with Gasteiger partial charge in [0.1, 0.15) is 0 Å². The Bertz CT molecular complexity index is 751. The summed E-state index contributed by atoms with van der Waals surface area (Å²) in [6.07, 6.45) is 24.8. The molecule has 34 heavy (non-hydrogen) atoms. The second-order valence-corrected chi connectivity index (χ2v) is 11.0. The fraction of sp³-hybridized carbons (Fsp3) is 0.643. The number of rotatable bonds is 17. The van der Waals surface area contributed by atoms with Crippen LogP contribution in [-0.2, 0) is 0 Å². The van der Waals surface area contributed by atoms with E-state index in [1.54, 1.807) is 11.8 Å². The smallest absolute Gasteiger partial charge is 0.179 e. The summed E-state index contributed by atoms with van der Waals surface area (Å²) in [7, 11) is 0. The summed E-state index contributed by atoms with van der Waals surface area (Å²) < 4.78 is 0. The van der Waals surface area contributed by atoms with E-state index in [0.29, 0.717) is 10.1 Å². The first-order chi connectivity index (χ1) is 16.7. The van der Waals surface area contributed by atoms with Gasteiger partial charge >= 0.3 is 0 Å².